The Hall–Kier alpha value is -1.64. The summed E-state index contributed by atoms with van der Waals surface area (Å²) in [5.74, 6) is 0.669. The number of phenols is 1. The first-order valence-electron chi connectivity index (χ1n) is 8.30. The number of aliphatic hydroxyl groups excluding tert-OH is 4. The number of fused-ring (bicyclic) bond motifs is 1. The Morgan fingerprint density at radius 1 is 1.12 bits per heavy atom. The van der Waals surface area contributed by atoms with Gasteiger partial charge in [0.15, 0.2) is 0 Å². The van der Waals surface area contributed by atoms with Gasteiger partial charge in [0.25, 0.3) is 0 Å². The minimum atomic E-state index is -1.49. The van der Waals surface area contributed by atoms with Crippen molar-refractivity contribution >= 4 is 0 Å². The standard InChI is InChI=1S/C18H24O7/c1-8-3-4-10-11(5-8)14(20)9(2)6-12(10)24-18-17(23)16(22)15(21)13(7-19)25-18/h3,6,13,15-23H,4-5,7H2,1-2H3/t13-,15-,16-,17-,18-/m1/s1. The van der Waals surface area contributed by atoms with Crippen molar-refractivity contribution in [1.29, 1.82) is 0 Å². The Labute approximate surface area is 145 Å². The number of hydrogen-bond acceptors (Lipinski definition) is 7. The Bertz CT molecular complexity index is 682. The predicted molar refractivity (Wildman–Crippen MR) is 88.4 cm³/mol. The largest absolute Gasteiger partial charge is 0.507 e. The molecule has 138 valence electrons. The van der Waals surface area contributed by atoms with Crippen molar-refractivity contribution in [2.24, 2.45) is 0 Å². The van der Waals surface area contributed by atoms with Crippen molar-refractivity contribution in [3.8, 4) is 11.5 Å². The van der Waals surface area contributed by atoms with Gasteiger partial charge >= 0.3 is 0 Å². The van der Waals surface area contributed by atoms with E-state index >= 15 is 0 Å². The molecule has 0 unspecified atom stereocenters. The van der Waals surface area contributed by atoms with Gasteiger partial charge in [-0.2, -0.15) is 0 Å². The lowest BCUT2D eigenvalue weighted by molar-refractivity contribution is -0.277. The molecule has 0 saturated carbocycles. The van der Waals surface area contributed by atoms with E-state index in [0.717, 1.165) is 16.7 Å². The van der Waals surface area contributed by atoms with Crippen LogP contribution in [-0.2, 0) is 17.6 Å². The van der Waals surface area contributed by atoms with Gasteiger partial charge in [0.05, 0.1) is 6.61 Å². The van der Waals surface area contributed by atoms with Crippen LogP contribution in [0.25, 0.3) is 0 Å². The summed E-state index contributed by atoms with van der Waals surface area (Å²) in [6.45, 7) is 3.23. The lowest BCUT2D eigenvalue weighted by Gasteiger charge is -2.40. The number of hydrogen-bond donors (Lipinski definition) is 5. The van der Waals surface area contributed by atoms with Crippen LogP contribution in [0, 0.1) is 6.92 Å². The summed E-state index contributed by atoms with van der Waals surface area (Å²) < 4.78 is 11.2. The van der Waals surface area contributed by atoms with Crippen LogP contribution in [0.4, 0.5) is 0 Å². The van der Waals surface area contributed by atoms with Gasteiger partial charge < -0.3 is 35.0 Å². The molecular formula is C18H24O7. The van der Waals surface area contributed by atoms with Crippen molar-refractivity contribution < 1.29 is 35.0 Å². The molecule has 1 aliphatic carbocycles. The summed E-state index contributed by atoms with van der Waals surface area (Å²) in [5.41, 5.74) is 3.35. The first-order chi connectivity index (χ1) is 11.8. The van der Waals surface area contributed by atoms with Crippen LogP contribution < -0.4 is 4.74 Å². The second kappa shape index (κ2) is 6.93. The first-order valence-corrected chi connectivity index (χ1v) is 8.30. The van der Waals surface area contributed by atoms with Crippen molar-refractivity contribution in [3.05, 3.63) is 34.4 Å². The molecule has 1 saturated heterocycles. The Morgan fingerprint density at radius 3 is 2.52 bits per heavy atom. The van der Waals surface area contributed by atoms with Gasteiger partial charge in [0, 0.05) is 11.1 Å². The highest BCUT2D eigenvalue weighted by Crippen LogP contribution is 2.39. The normalized spacial score (nSPS) is 32.1. The molecule has 1 fully saturated rings. The Kier molecular flexibility index (Phi) is 5.04. The van der Waals surface area contributed by atoms with Crippen LogP contribution in [0.15, 0.2) is 17.7 Å². The third-order valence-electron chi connectivity index (χ3n) is 4.87. The Balaban J connectivity index is 1.91. The number of aliphatic hydroxyl groups is 4. The molecule has 2 aliphatic rings. The molecule has 1 heterocycles. The van der Waals surface area contributed by atoms with E-state index in [4.69, 9.17) is 9.47 Å². The molecule has 5 N–H and O–H groups in total. The lowest BCUT2D eigenvalue weighted by Crippen LogP contribution is -2.60. The Morgan fingerprint density at radius 2 is 1.84 bits per heavy atom. The van der Waals surface area contributed by atoms with E-state index in [2.05, 4.69) is 0 Å². The summed E-state index contributed by atoms with van der Waals surface area (Å²) in [6, 6.07) is 1.66. The van der Waals surface area contributed by atoms with E-state index in [9.17, 15) is 25.5 Å². The molecule has 0 aromatic heterocycles. The van der Waals surface area contributed by atoms with Gasteiger partial charge in [0.1, 0.15) is 35.9 Å². The SMILES string of the molecule is CC1=CCc2c(O[C@@H]3O[C@H](CO)[C@@H](O)[C@@H](O)[C@H]3O)cc(C)c(O)c2C1. The van der Waals surface area contributed by atoms with E-state index < -0.39 is 37.3 Å². The lowest BCUT2D eigenvalue weighted by atomic mass is 9.89. The zero-order valence-electron chi connectivity index (χ0n) is 14.2. The third-order valence-corrected chi connectivity index (χ3v) is 4.87. The van der Waals surface area contributed by atoms with E-state index in [0.29, 0.717) is 24.2 Å². The maximum atomic E-state index is 10.3. The minimum Gasteiger partial charge on any atom is -0.507 e. The van der Waals surface area contributed by atoms with E-state index in [1.165, 1.54) is 0 Å². The molecule has 5 atom stereocenters. The summed E-state index contributed by atoms with van der Waals surface area (Å²) >= 11 is 0. The van der Waals surface area contributed by atoms with Crippen LogP contribution in [0.3, 0.4) is 0 Å². The fourth-order valence-electron chi connectivity index (χ4n) is 3.32. The quantitative estimate of drug-likeness (QED) is 0.483. The minimum absolute atomic E-state index is 0.226. The number of ether oxygens (including phenoxy) is 2. The average molecular weight is 352 g/mol. The molecule has 1 aromatic rings. The summed E-state index contributed by atoms with van der Waals surface area (Å²) in [5, 5.41) is 49.5. The van der Waals surface area contributed by atoms with Crippen molar-refractivity contribution in [1.82, 2.24) is 0 Å². The van der Waals surface area contributed by atoms with Gasteiger partial charge in [-0.05, 0) is 38.3 Å². The number of rotatable bonds is 3. The van der Waals surface area contributed by atoms with Gasteiger partial charge in [-0.1, -0.05) is 11.6 Å². The molecule has 0 radical (unpaired) electrons. The highest BCUT2D eigenvalue weighted by atomic mass is 16.7. The van der Waals surface area contributed by atoms with E-state index in [-0.39, 0.29) is 5.75 Å². The van der Waals surface area contributed by atoms with Crippen LogP contribution in [-0.4, -0.2) is 62.8 Å². The highest BCUT2D eigenvalue weighted by molar-refractivity contribution is 5.56. The second-order valence-corrected chi connectivity index (χ2v) is 6.74. The first kappa shape index (κ1) is 18.2. The average Bonchev–Trinajstić information content (AvgIpc) is 2.59. The van der Waals surface area contributed by atoms with Crippen LogP contribution in [0.5, 0.6) is 11.5 Å². The molecule has 7 heteroatoms. The van der Waals surface area contributed by atoms with Gasteiger partial charge in [0.2, 0.25) is 6.29 Å². The zero-order valence-corrected chi connectivity index (χ0v) is 14.2. The molecule has 1 aliphatic heterocycles. The topological polar surface area (TPSA) is 120 Å². The zero-order chi connectivity index (χ0) is 18.3. The van der Waals surface area contributed by atoms with Crippen LogP contribution >= 0.6 is 0 Å². The summed E-state index contributed by atoms with van der Waals surface area (Å²) in [6.07, 6.45) is -3.45. The molecule has 7 nitrogen and oxygen atoms in total. The second-order valence-electron chi connectivity index (χ2n) is 6.74. The molecule has 3 rings (SSSR count). The van der Waals surface area contributed by atoms with Gasteiger partial charge in [-0.25, -0.2) is 0 Å². The molecule has 0 bridgehead atoms. The van der Waals surface area contributed by atoms with Gasteiger partial charge in [-0.15, -0.1) is 0 Å². The van der Waals surface area contributed by atoms with Gasteiger partial charge in [-0.3, -0.25) is 0 Å². The van der Waals surface area contributed by atoms with Crippen molar-refractivity contribution in [3.63, 3.8) is 0 Å². The smallest absolute Gasteiger partial charge is 0.229 e. The summed E-state index contributed by atoms with van der Waals surface area (Å²) in [7, 11) is 0. The maximum Gasteiger partial charge on any atom is 0.229 e. The fourth-order valence-corrected chi connectivity index (χ4v) is 3.32. The van der Waals surface area contributed by atoms with Crippen LogP contribution in [0.2, 0.25) is 0 Å². The number of aryl methyl sites for hydroxylation is 1. The fraction of sp³-hybridized carbons (Fsp3) is 0.556. The number of allylic oxidation sites excluding steroid dienone is 2. The number of benzene rings is 1. The van der Waals surface area contributed by atoms with Crippen molar-refractivity contribution in [2.45, 2.75) is 57.4 Å². The van der Waals surface area contributed by atoms with Crippen LogP contribution in [0.1, 0.15) is 23.6 Å². The number of aromatic hydroxyl groups is 1. The third kappa shape index (κ3) is 3.26. The van der Waals surface area contributed by atoms with E-state index in [1.54, 1.807) is 13.0 Å². The summed E-state index contributed by atoms with van der Waals surface area (Å²) in [4.78, 5) is 0. The number of phenolic OH excluding ortho intramolecular Hbond substituents is 1. The molecule has 25 heavy (non-hydrogen) atoms. The molecular weight excluding hydrogens is 328 g/mol. The van der Waals surface area contributed by atoms with Crippen molar-refractivity contribution in [2.75, 3.05) is 6.61 Å². The predicted octanol–water partition coefficient (Wildman–Crippen LogP) is -0.0758. The highest BCUT2D eigenvalue weighted by Gasteiger charge is 2.45. The molecule has 1 aromatic carbocycles. The van der Waals surface area contributed by atoms with E-state index in [1.807, 2.05) is 13.0 Å². The maximum absolute atomic E-state index is 10.3. The monoisotopic (exact) mass is 352 g/mol. The molecule has 0 amide bonds. The molecule has 0 spiro atoms.